The first kappa shape index (κ1) is 23.2. The monoisotopic (exact) mass is 484 g/mol. The molecule has 0 fully saturated rings. The Hall–Kier alpha value is -3.01. The first-order valence-corrected chi connectivity index (χ1v) is 12.1. The van der Waals surface area contributed by atoms with E-state index in [4.69, 9.17) is 13.9 Å². The molecule has 2 aromatic heterocycles. The van der Waals surface area contributed by atoms with Crippen LogP contribution in [0.3, 0.4) is 0 Å². The van der Waals surface area contributed by atoms with Crippen molar-refractivity contribution in [2.75, 3.05) is 20.8 Å². The number of amides is 1. The molecule has 9 heteroatoms. The zero-order valence-electron chi connectivity index (χ0n) is 18.5. The third kappa shape index (κ3) is 5.16. The predicted octanol–water partition coefficient (Wildman–Crippen LogP) is 4.97. The number of rotatable bonds is 9. The zero-order valence-corrected chi connectivity index (χ0v) is 20.1. The summed E-state index contributed by atoms with van der Waals surface area (Å²) in [5, 5.41) is 16.4. The lowest BCUT2D eigenvalue weighted by Gasteiger charge is -2.16. The molecule has 2 N–H and O–H groups in total. The van der Waals surface area contributed by atoms with Crippen LogP contribution < -0.4 is 14.8 Å². The Morgan fingerprint density at radius 2 is 2.06 bits per heavy atom. The van der Waals surface area contributed by atoms with Crippen LogP contribution in [-0.4, -0.2) is 36.8 Å². The molecule has 4 aromatic rings. The van der Waals surface area contributed by atoms with Gasteiger partial charge in [0, 0.05) is 39.9 Å². The first-order valence-electron chi connectivity index (χ1n) is 10.2. The van der Waals surface area contributed by atoms with Crippen molar-refractivity contribution >= 4 is 40.0 Å². The average Bonchev–Trinajstić information content (AvgIpc) is 3.43. The highest BCUT2D eigenvalue weighted by molar-refractivity contribution is 8.00. The molecule has 0 aliphatic rings. The molecular weight excluding hydrogens is 460 g/mol. The van der Waals surface area contributed by atoms with Gasteiger partial charge in [-0.1, -0.05) is 30.0 Å². The number of aliphatic hydroxyl groups excluding tert-OH is 1. The minimum Gasteiger partial charge on any atom is -0.497 e. The van der Waals surface area contributed by atoms with Crippen LogP contribution in [0.2, 0.25) is 0 Å². The fourth-order valence-electron chi connectivity index (χ4n) is 3.44. The third-order valence-electron chi connectivity index (χ3n) is 5.09. The summed E-state index contributed by atoms with van der Waals surface area (Å²) in [6.07, 6.45) is -0.987. The van der Waals surface area contributed by atoms with Crippen LogP contribution in [0.25, 0.3) is 11.0 Å². The van der Waals surface area contributed by atoms with Crippen molar-refractivity contribution in [3.8, 4) is 11.5 Å². The van der Waals surface area contributed by atoms with Crippen LogP contribution in [0.15, 0.2) is 56.6 Å². The van der Waals surface area contributed by atoms with Crippen molar-refractivity contribution in [3.63, 3.8) is 0 Å². The Balaban J connectivity index is 1.53. The smallest absolute Gasteiger partial charge is 0.287 e. The van der Waals surface area contributed by atoms with E-state index in [1.54, 1.807) is 48.4 Å². The van der Waals surface area contributed by atoms with Crippen molar-refractivity contribution in [3.05, 3.63) is 70.4 Å². The second-order valence-electron chi connectivity index (χ2n) is 7.28. The molecule has 0 aliphatic heterocycles. The van der Waals surface area contributed by atoms with E-state index < -0.39 is 12.0 Å². The van der Waals surface area contributed by atoms with Gasteiger partial charge in [0.05, 0.1) is 14.2 Å². The highest BCUT2D eigenvalue weighted by Crippen LogP contribution is 2.34. The fraction of sp³-hybridized carbons (Fsp3) is 0.250. The maximum atomic E-state index is 13.1. The van der Waals surface area contributed by atoms with Crippen LogP contribution in [0, 0.1) is 6.92 Å². The topological polar surface area (TPSA) is 93.8 Å². The molecule has 1 amide bonds. The predicted molar refractivity (Wildman–Crippen MR) is 129 cm³/mol. The highest BCUT2D eigenvalue weighted by Gasteiger charge is 2.23. The summed E-state index contributed by atoms with van der Waals surface area (Å²) in [5.41, 5.74) is 2.94. The van der Waals surface area contributed by atoms with E-state index in [2.05, 4.69) is 10.3 Å². The Morgan fingerprint density at radius 3 is 2.79 bits per heavy atom. The molecule has 0 bridgehead atoms. The Morgan fingerprint density at radius 1 is 1.24 bits per heavy atom. The van der Waals surface area contributed by atoms with E-state index in [9.17, 15) is 9.90 Å². The van der Waals surface area contributed by atoms with Gasteiger partial charge in [0.2, 0.25) is 0 Å². The number of hydrogen-bond donors (Lipinski definition) is 2. The Labute approximate surface area is 199 Å². The van der Waals surface area contributed by atoms with Crippen LogP contribution in [0.5, 0.6) is 11.5 Å². The van der Waals surface area contributed by atoms with Gasteiger partial charge in [0.15, 0.2) is 5.76 Å². The van der Waals surface area contributed by atoms with Crippen molar-refractivity contribution in [1.82, 2.24) is 10.3 Å². The minimum atomic E-state index is -0.987. The number of methoxy groups -OCH3 is 2. The van der Waals surface area contributed by atoms with E-state index in [1.165, 1.54) is 7.11 Å². The van der Waals surface area contributed by atoms with Gasteiger partial charge in [-0.2, -0.15) is 0 Å². The summed E-state index contributed by atoms with van der Waals surface area (Å²) in [6.45, 7) is 1.94. The second-order valence-corrected chi connectivity index (χ2v) is 9.36. The number of aromatic nitrogens is 1. The zero-order chi connectivity index (χ0) is 23.4. The maximum Gasteiger partial charge on any atom is 0.287 e. The molecule has 1 unspecified atom stereocenters. The highest BCUT2D eigenvalue weighted by atomic mass is 32.2. The molecule has 2 aromatic carbocycles. The number of ether oxygens (including phenoxy) is 2. The summed E-state index contributed by atoms with van der Waals surface area (Å²) >= 11 is 3.14. The van der Waals surface area contributed by atoms with Gasteiger partial charge in [-0.3, -0.25) is 4.79 Å². The van der Waals surface area contributed by atoms with Crippen molar-refractivity contribution in [2.24, 2.45) is 0 Å². The van der Waals surface area contributed by atoms with Crippen LogP contribution in [0.1, 0.15) is 33.5 Å². The van der Waals surface area contributed by atoms with Gasteiger partial charge in [0.1, 0.15) is 27.5 Å². The molecule has 1 atom stereocenters. The second kappa shape index (κ2) is 10.3. The molecule has 33 heavy (non-hydrogen) atoms. The number of furan rings is 1. The number of para-hydroxylation sites is 1. The molecule has 0 radical (unpaired) electrons. The van der Waals surface area contributed by atoms with Gasteiger partial charge in [0.25, 0.3) is 5.91 Å². The molecule has 4 rings (SSSR count). The lowest BCUT2D eigenvalue weighted by atomic mass is 10.1. The van der Waals surface area contributed by atoms with Gasteiger partial charge in [-0.25, -0.2) is 4.98 Å². The summed E-state index contributed by atoms with van der Waals surface area (Å²) in [5.74, 6) is 1.49. The van der Waals surface area contributed by atoms with Crippen LogP contribution >= 0.6 is 23.1 Å². The van der Waals surface area contributed by atoms with Gasteiger partial charge >= 0.3 is 0 Å². The molecule has 172 valence electrons. The molecular formula is C24H24N2O5S2. The minimum absolute atomic E-state index is 0.0162. The van der Waals surface area contributed by atoms with E-state index in [1.807, 2.05) is 36.6 Å². The number of thiazole rings is 1. The number of nitrogens with one attached hydrogen (secondary N) is 1. The van der Waals surface area contributed by atoms with Crippen LogP contribution in [-0.2, 0) is 5.75 Å². The van der Waals surface area contributed by atoms with Crippen molar-refractivity contribution in [1.29, 1.82) is 0 Å². The van der Waals surface area contributed by atoms with Gasteiger partial charge < -0.3 is 24.3 Å². The summed E-state index contributed by atoms with van der Waals surface area (Å²) < 4.78 is 17.4. The molecule has 0 saturated heterocycles. The summed E-state index contributed by atoms with van der Waals surface area (Å²) in [4.78, 5) is 17.6. The molecule has 0 saturated carbocycles. The van der Waals surface area contributed by atoms with E-state index in [0.29, 0.717) is 28.4 Å². The average molecular weight is 485 g/mol. The standard InChI is InChI=1S/C24H24N2O5S2/c1-14-12-32-24(26-14)33-13-18-16-6-4-5-7-21(16)31-22(18)23(28)25-11-19(27)17-10-15(29-2)8-9-20(17)30-3/h4-10,12,19,27H,11,13H2,1-3H3,(H,25,28). The maximum absolute atomic E-state index is 13.1. The lowest BCUT2D eigenvalue weighted by molar-refractivity contribution is 0.0888. The number of aliphatic hydroxyl groups is 1. The van der Waals surface area contributed by atoms with E-state index >= 15 is 0 Å². The normalized spacial score (nSPS) is 12.0. The number of hydrogen-bond acceptors (Lipinski definition) is 8. The number of thioether (sulfide) groups is 1. The molecule has 0 aliphatic carbocycles. The number of fused-ring (bicyclic) bond motifs is 1. The van der Waals surface area contributed by atoms with Crippen LogP contribution in [0.4, 0.5) is 0 Å². The number of carbonyl (C=O) groups excluding carboxylic acids is 1. The number of carbonyl (C=O) groups is 1. The summed E-state index contributed by atoms with van der Waals surface area (Å²) in [7, 11) is 3.08. The van der Waals surface area contributed by atoms with Crippen molar-refractivity contribution < 1.29 is 23.8 Å². The number of aryl methyl sites for hydroxylation is 1. The number of benzene rings is 2. The van der Waals surface area contributed by atoms with E-state index in [0.717, 1.165) is 21.0 Å². The Bertz CT molecular complexity index is 1270. The first-order chi connectivity index (χ1) is 16.0. The summed E-state index contributed by atoms with van der Waals surface area (Å²) in [6, 6.07) is 12.7. The molecule has 2 heterocycles. The lowest BCUT2D eigenvalue weighted by Crippen LogP contribution is -2.28. The molecule has 7 nitrogen and oxygen atoms in total. The number of nitrogens with zero attached hydrogens (tertiary/aromatic N) is 1. The van der Waals surface area contributed by atoms with Crippen molar-refractivity contribution in [2.45, 2.75) is 23.1 Å². The molecule has 0 spiro atoms. The van der Waals surface area contributed by atoms with Gasteiger partial charge in [-0.05, 0) is 31.2 Å². The fourth-order valence-corrected chi connectivity index (χ4v) is 5.31. The Kier molecular flexibility index (Phi) is 7.22. The largest absolute Gasteiger partial charge is 0.497 e. The SMILES string of the molecule is COc1ccc(OC)c(C(O)CNC(=O)c2oc3ccccc3c2CSc2nc(C)cs2)c1. The quantitative estimate of drug-likeness (QED) is 0.324. The van der Waals surface area contributed by atoms with Gasteiger partial charge in [-0.15, -0.1) is 11.3 Å². The third-order valence-corrected chi connectivity index (χ3v) is 7.26. The van der Waals surface area contributed by atoms with E-state index in [-0.39, 0.29) is 12.3 Å².